The Bertz CT molecular complexity index is 316. The summed E-state index contributed by atoms with van der Waals surface area (Å²) in [5.41, 5.74) is 6.03. The van der Waals surface area contributed by atoms with Crippen LogP contribution >= 0.6 is 11.6 Å². The summed E-state index contributed by atoms with van der Waals surface area (Å²) in [6.07, 6.45) is 0. The van der Waals surface area contributed by atoms with Crippen molar-refractivity contribution in [2.24, 2.45) is 5.73 Å². The van der Waals surface area contributed by atoms with Crippen LogP contribution in [-0.2, 0) is 4.79 Å². The lowest BCUT2D eigenvalue weighted by molar-refractivity contribution is -0.112. The van der Waals surface area contributed by atoms with Crippen LogP contribution in [0, 0.1) is 0 Å². The molecule has 1 aromatic rings. The van der Waals surface area contributed by atoms with Crippen molar-refractivity contribution in [2.45, 2.75) is 0 Å². The molecule has 62 valence electrons. The van der Waals surface area contributed by atoms with Gasteiger partial charge < -0.3 is 5.73 Å². The normalized spacial score (nSPS) is 9.42. The van der Waals surface area contributed by atoms with E-state index in [2.05, 4.69) is 6.58 Å². The van der Waals surface area contributed by atoms with Crippen LogP contribution < -0.4 is 5.73 Å². The van der Waals surface area contributed by atoms with Crippen molar-refractivity contribution in [1.29, 1.82) is 0 Å². The smallest absolute Gasteiger partial charge is 0.248 e. The number of rotatable bonds is 2. The highest BCUT2D eigenvalue weighted by Crippen LogP contribution is 2.15. The minimum absolute atomic E-state index is 0.298. The van der Waals surface area contributed by atoms with E-state index in [1.165, 1.54) is 0 Å². The highest BCUT2D eigenvalue weighted by Gasteiger charge is 2.03. The van der Waals surface area contributed by atoms with Crippen molar-refractivity contribution in [2.75, 3.05) is 0 Å². The largest absolute Gasteiger partial charge is 0.366 e. The summed E-state index contributed by atoms with van der Waals surface area (Å²) >= 11 is 5.65. The molecule has 0 heterocycles. The van der Waals surface area contributed by atoms with Gasteiger partial charge in [0.15, 0.2) is 0 Å². The third kappa shape index (κ3) is 1.86. The van der Waals surface area contributed by atoms with E-state index in [9.17, 15) is 4.79 Å². The van der Waals surface area contributed by atoms with Crippen LogP contribution in [0.1, 0.15) is 5.56 Å². The van der Waals surface area contributed by atoms with E-state index in [0.29, 0.717) is 16.2 Å². The molecule has 0 aromatic heterocycles. The maximum absolute atomic E-state index is 10.7. The molecule has 0 bridgehead atoms. The molecule has 0 spiro atoms. The van der Waals surface area contributed by atoms with E-state index >= 15 is 0 Å². The van der Waals surface area contributed by atoms with E-state index in [1.807, 2.05) is 0 Å². The first kappa shape index (κ1) is 8.81. The fourth-order valence-corrected chi connectivity index (χ4v) is 0.919. The number of benzene rings is 1. The van der Waals surface area contributed by atoms with Gasteiger partial charge in [-0.1, -0.05) is 30.3 Å². The molecule has 1 rings (SSSR count). The molecule has 2 N–H and O–H groups in total. The fourth-order valence-electron chi connectivity index (χ4n) is 0.793. The molecule has 0 aliphatic carbocycles. The third-order valence-corrected chi connectivity index (χ3v) is 1.74. The number of primary amides is 1. The second-order valence-corrected chi connectivity index (χ2v) is 2.79. The molecule has 0 radical (unpaired) electrons. The number of amides is 1. The summed E-state index contributed by atoms with van der Waals surface area (Å²) in [6, 6.07) is 6.78. The predicted molar refractivity (Wildman–Crippen MR) is 49.7 cm³/mol. The summed E-state index contributed by atoms with van der Waals surface area (Å²) in [4.78, 5) is 10.7. The molecule has 0 saturated heterocycles. The first-order valence-electron chi connectivity index (χ1n) is 3.36. The Labute approximate surface area is 75.6 Å². The van der Waals surface area contributed by atoms with Crippen LogP contribution in [0.4, 0.5) is 0 Å². The number of carbonyl (C=O) groups is 1. The van der Waals surface area contributed by atoms with Crippen LogP contribution in [0.15, 0.2) is 30.8 Å². The molecule has 0 unspecified atom stereocenters. The van der Waals surface area contributed by atoms with E-state index in [1.54, 1.807) is 24.3 Å². The molecule has 1 aromatic carbocycles. The number of nitrogens with two attached hydrogens (primary N) is 1. The molecular weight excluding hydrogens is 174 g/mol. The Morgan fingerprint density at radius 2 is 1.83 bits per heavy atom. The second kappa shape index (κ2) is 3.41. The average Bonchev–Trinajstić information content (AvgIpc) is 2.04. The molecule has 0 aliphatic rings. The van der Waals surface area contributed by atoms with E-state index in [0.717, 1.165) is 0 Å². The van der Waals surface area contributed by atoms with Crippen molar-refractivity contribution in [3.63, 3.8) is 0 Å². The van der Waals surface area contributed by atoms with Crippen molar-refractivity contribution in [3.8, 4) is 0 Å². The maximum Gasteiger partial charge on any atom is 0.248 e. The van der Waals surface area contributed by atoms with Crippen molar-refractivity contribution >= 4 is 23.1 Å². The van der Waals surface area contributed by atoms with Gasteiger partial charge in [0.05, 0.1) is 0 Å². The minimum Gasteiger partial charge on any atom is -0.366 e. The van der Waals surface area contributed by atoms with E-state index in [4.69, 9.17) is 17.3 Å². The Hall–Kier alpha value is -1.28. The molecular formula is C9H8ClNO. The van der Waals surface area contributed by atoms with Crippen LogP contribution in [0.2, 0.25) is 5.02 Å². The van der Waals surface area contributed by atoms with Gasteiger partial charge in [0, 0.05) is 10.6 Å². The van der Waals surface area contributed by atoms with Gasteiger partial charge in [-0.25, -0.2) is 0 Å². The Balaban J connectivity index is 2.98. The van der Waals surface area contributed by atoms with Crippen LogP contribution in [0.25, 0.3) is 5.57 Å². The van der Waals surface area contributed by atoms with Crippen LogP contribution in [0.3, 0.4) is 0 Å². The molecule has 3 heteroatoms. The van der Waals surface area contributed by atoms with Gasteiger partial charge in [-0.2, -0.15) is 0 Å². The van der Waals surface area contributed by atoms with Gasteiger partial charge in [0.2, 0.25) is 5.91 Å². The summed E-state index contributed by atoms with van der Waals surface area (Å²) in [6.45, 7) is 3.54. The van der Waals surface area contributed by atoms with Gasteiger partial charge in [0.1, 0.15) is 0 Å². The molecule has 12 heavy (non-hydrogen) atoms. The molecule has 0 fully saturated rings. The first-order valence-corrected chi connectivity index (χ1v) is 3.73. The lowest BCUT2D eigenvalue weighted by Crippen LogP contribution is -2.11. The molecule has 0 aliphatic heterocycles. The number of hydrogen-bond acceptors (Lipinski definition) is 1. The van der Waals surface area contributed by atoms with Crippen molar-refractivity contribution in [3.05, 3.63) is 41.4 Å². The molecule has 2 nitrogen and oxygen atoms in total. The quantitative estimate of drug-likeness (QED) is 0.696. The number of hydrogen-bond donors (Lipinski definition) is 1. The zero-order valence-electron chi connectivity index (χ0n) is 6.38. The van der Waals surface area contributed by atoms with Crippen LogP contribution in [-0.4, -0.2) is 5.91 Å². The van der Waals surface area contributed by atoms with E-state index < -0.39 is 5.91 Å². The highest BCUT2D eigenvalue weighted by molar-refractivity contribution is 6.30. The average molecular weight is 182 g/mol. The highest BCUT2D eigenvalue weighted by atomic mass is 35.5. The van der Waals surface area contributed by atoms with Gasteiger partial charge in [-0.3, -0.25) is 4.79 Å². The Morgan fingerprint density at radius 1 is 1.33 bits per heavy atom. The maximum atomic E-state index is 10.7. The Morgan fingerprint density at radius 3 is 2.25 bits per heavy atom. The monoisotopic (exact) mass is 181 g/mol. The van der Waals surface area contributed by atoms with Gasteiger partial charge in [-0.15, -0.1) is 0 Å². The number of carbonyl (C=O) groups excluding carboxylic acids is 1. The van der Waals surface area contributed by atoms with Crippen molar-refractivity contribution < 1.29 is 4.79 Å². The zero-order chi connectivity index (χ0) is 9.14. The lowest BCUT2D eigenvalue weighted by Gasteiger charge is -1.99. The molecule has 0 atom stereocenters. The summed E-state index contributed by atoms with van der Waals surface area (Å²) < 4.78 is 0. The third-order valence-electron chi connectivity index (χ3n) is 1.49. The zero-order valence-corrected chi connectivity index (χ0v) is 7.14. The first-order chi connectivity index (χ1) is 5.61. The minimum atomic E-state index is -0.516. The lowest BCUT2D eigenvalue weighted by atomic mass is 10.1. The van der Waals surface area contributed by atoms with Gasteiger partial charge in [0.25, 0.3) is 0 Å². The molecule has 0 saturated carbocycles. The SMILES string of the molecule is C=C(C(N)=O)c1ccc(Cl)cc1. The summed E-state index contributed by atoms with van der Waals surface area (Å²) in [5.74, 6) is -0.516. The molecule has 1 amide bonds. The van der Waals surface area contributed by atoms with E-state index in [-0.39, 0.29) is 0 Å². The topological polar surface area (TPSA) is 43.1 Å². The summed E-state index contributed by atoms with van der Waals surface area (Å²) in [7, 11) is 0. The second-order valence-electron chi connectivity index (χ2n) is 2.35. The van der Waals surface area contributed by atoms with Crippen molar-refractivity contribution in [1.82, 2.24) is 0 Å². The standard InChI is InChI=1S/C9H8ClNO/c1-6(9(11)12)7-2-4-8(10)5-3-7/h2-5H,1H2,(H2,11,12). The predicted octanol–water partition coefficient (Wildman–Crippen LogP) is 1.84. The van der Waals surface area contributed by atoms with Gasteiger partial charge >= 0.3 is 0 Å². The van der Waals surface area contributed by atoms with Crippen LogP contribution in [0.5, 0.6) is 0 Å². The van der Waals surface area contributed by atoms with Gasteiger partial charge in [-0.05, 0) is 17.7 Å². The summed E-state index contributed by atoms with van der Waals surface area (Å²) in [5, 5.41) is 0.621. The number of halogens is 1. The fraction of sp³-hybridized carbons (Fsp3) is 0. The Kier molecular flexibility index (Phi) is 2.51.